The number of nitrogens with two attached hydrogens (primary N) is 1. The van der Waals surface area contributed by atoms with Crippen LogP contribution in [0.4, 0.5) is 5.69 Å². The molecule has 0 aliphatic carbocycles. The summed E-state index contributed by atoms with van der Waals surface area (Å²) < 4.78 is 28.4. The summed E-state index contributed by atoms with van der Waals surface area (Å²) in [4.78, 5) is 31.1. The number of ether oxygens (including phenoxy) is 1. The Balaban J connectivity index is 1.91. The lowest BCUT2D eigenvalue weighted by molar-refractivity contribution is -0.132. The maximum Gasteiger partial charge on any atom is 0.300 e. The van der Waals surface area contributed by atoms with Crippen LogP contribution in [0.1, 0.15) is 17.2 Å². The summed E-state index contributed by atoms with van der Waals surface area (Å²) in [6, 6.07) is 14.0. The van der Waals surface area contributed by atoms with Crippen molar-refractivity contribution >= 4 is 33.2 Å². The lowest BCUT2D eigenvalue weighted by Crippen LogP contribution is -2.29. The number of anilines is 1. The molecule has 1 atom stereocenters. The molecule has 0 spiro atoms. The van der Waals surface area contributed by atoms with Gasteiger partial charge in [0.05, 0.1) is 23.6 Å². The molecule has 168 valence electrons. The van der Waals surface area contributed by atoms with Crippen molar-refractivity contribution < 1.29 is 27.9 Å². The third kappa shape index (κ3) is 4.09. The first-order valence-corrected chi connectivity index (χ1v) is 11.2. The number of aromatic nitrogens is 1. The van der Waals surface area contributed by atoms with E-state index in [0.717, 1.165) is 0 Å². The Morgan fingerprint density at radius 1 is 1.00 bits per heavy atom. The van der Waals surface area contributed by atoms with Crippen LogP contribution in [0.3, 0.4) is 0 Å². The molecule has 3 aromatic rings. The van der Waals surface area contributed by atoms with Crippen LogP contribution in [0.25, 0.3) is 5.76 Å². The number of pyridine rings is 1. The molecule has 0 saturated carbocycles. The molecule has 0 bridgehead atoms. The molecule has 4 rings (SSSR count). The quantitative estimate of drug-likeness (QED) is 0.335. The van der Waals surface area contributed by atoms with E-state index in [1.54, 1.807) is 24.3 Å². The molecule has 2 aromatic carbocycles. The van der Waals surface area contributed by atoms with Crippen LogP contribution in [0, 0.1) is 0 Å². The Morgan fingerprint density at radius 3 is 2.15 bits per heavy atom. The predicted octanol–water partition coefficient (Wildman–Crippen LogP) is 2.36. The Labute approximate surface area is 189 Å². The molecule has 1 aliphatic rings. The number of amides is 1. The lowest BCUT2D eigenvalue weighted by atomic mass is 9.95. The van der Waals surface area contributed by atoms with Crippen molar-refractivity contribution in [2.75, 3.05) is 12.0 Å². The second kappa shape index (κ2) is 8.49. The number of carbonyl (C=O) groups excluding carboxylic acids is 2. The highest BCUT2D eigenvalue weighted by Gasteiger charge is 2.47. The summed E-state index contributed by atoms with van der Waals surface area (Å²) >= 11 is 0. The molecule has 33 heavy (non-hydrogen) atoms. The van der Waals surface area contributed by atoms with Gasteiger partial charge in [0.2, 0.25) is 10.0 Å². The van der Waals surface area contributed by atoms with Crippen molar-refractivity contribution in [2.45, 2.75) is 10.9 Å². The normalized spacial score (nSPS) is 17.9. The number of rotatable bonds is 5. The molecular weight excluding hydrogens is 446 g/mol. The number of hydrogen-bond acceptors (Lipinski definition) is 7. The maximum absolute atomic E-state index is 13.1. The van der Waals surface area contributed by atoms with Crippen LogP contribution in [-0.2, 0) is 19.6 Å². The van der Waals surface area contributed by atoms with Crippen molar-refractivity contribution in [1.29, 1.82) is 0 Å². The van der Waals surface area contributed by atoms with E-state index >= 15 is 0 Å². The first-order valence-electron chi connectivity index (χ1n) is 9.70. The number of benzene rings is 2. The first kappa shape index (κ1) is 22.2. The minimum absolute atomic E-state index is 0.105. The van der Waals surface area contributed by atoms with Crippen molar-refractivity contribution in [3.8, 4) is 5.75 Å². The average molecular weight is 465 g/mol. The molecule has 1 unspecified atom stereocenters. The number of methoxy groups -OCH3 is 1. The third-order valence-corrected chi connectivity index (χ3v) is 6.20. The van der Waals surface area contributed by atoms with E-state index in [4.69, 9.17) is 9.88 Å². The van der Waals surface area contributed by atoms with Crippen LogP contribution >= 0.6 is 0 Å². The number of primary sulfonamides is 1. The lowest BCUT2D eigenvalue weighted by Gasteiger charge is -2.25. The van der Waals surface area contributed by atoms with E-state index in [0.29, 0.717) is 16.9 Å². The van der Waals surface area contributed by atoms with Gasteiger partial charge in [-0.2, -0.15) is 0 Å². The number of sulfonamides is 1. The van der Waals surface area contributed by atoms with Gasteiger partial charge in [-0.25, -0.2) is 13.6 Å². The zero-order valence-corrected chi connectivity index (χ0v) is 18.2. The number of Topliss-reactive ketones (excluding diaryl/α,β-unsaturated/α-hetero) is 1. The summed E-state index contributed by atoms with van der Waals surface area (Å²) in [5.74, 6) is -1.52. The van der Waals surface area contributed by atoms with Gasteiger partial charge >= 0.3 is 0 Å². The highest BCUT2D eigenvalue weighted by Crippen LogP contribution is 2.42. The van der Waals surface area contributed by atoms with Gasteiger partial charge in [-0.3, -0.25) is 19.5 Å². The van der Waals surface area contributed by atoms with Crippen LogP contribution < -0.4 is 14.8 Å². The number of aliphatic hydroxyl groups is 1. The van der Waals surface area contributed by atoms with E-state index in [1.165, 1.54) is 60.8 Å². The molecule has 1 aliphatic heterocycles. The van der Waals surface area contributed by atoms with Crippen molar-refractivity contribution in [2.24, 2.45) is 5.14 Å². The van der Waals surface area contributed by atoms with Gasteiger partial charge in [0, 0.05) is 23.6 Å². The van der Waals surface area contributed by atoms with Gasteiger partial charge in [-0.1, -0.05) is 12.1 Å². The summed E-state index contributed by atoms with van der Waals surface area (Å²) in [6.45, 7) is 0. The summed E-state index contributed by atoms with van der Waals surface area (Å²) in [7, 11) is -2.43. The monoisotopic (exact) mass is 465 g/mol. The molecule has 10 heteroatoms. The van der Waals surface area contributed by atoms with E-state index in [1.807, 2.05) is 0 Å². The fourth-order valence-electron chi connectivity index (χ4n) is 3.66. The van der Waals surface area contributed by atoms with E-state index in [-0.39, 0.29) is 21.9 Å². The number of nitrogens with zero attached hydrogens (tertiary/aromatic N) is 2. The standard InChI is InChI=1S/C23H19N3O6S/c1-32-17-6-2-14(3-7-17)20-19(21(27)15-10-12-25-13-11-15)22(28)23(29)26(20)16-4-8-18(9-5-16)33(24,30)31/h2-13,20,27H,1H3,(H2,24,30,31)/b21-19+. The molecular formula is C23H19N3O6S. The van der Waals surface area contributed by atoms with E-state index < -0.39 is 27.8 Å². The fraction of sp³-hybridized carbons (Fsp3) is 0.0870. The van der Waals surface area contributed by atoms with Gasteiger partial charge in [-0.15, -0.1) is 0 Å². The van der Waals surface area contributed by atoms with Crippen LogP contribution in [0.2, 0.25) is 0 Å². The molecule has 1 aromatic heterocycles. The number of hydrogen-bond donors (Lipinski definition) is 2. The summed E-state index contributed by atoms with van der Waals surface area (Å²) in [6.07, 6.45) is 2.92. The molecule has 1 fully saturated rings. The van der Waals surface area contributed by atoms with Crippen LogP contribution in [0.5, 0.6) is 5.75 Å². The molecule has 1 amide bonds. The van der Waals surface area contributed by atoms with Gasteiger partial charge in [0.25, 0.3) is 11.7 Å². The van der Waals surface area contributed by atoms with Gasteiger partial charge < -0.3 is 9.84 Å². The van der Waals surface area contributed by atoms with Gasteiger partial charge in [-0.05, 0) is 54.1 Å². The zero-order chi connectivity index (χ0) is 23.8. The van der Waals surface area contributed by atoms with Crippen molar-refractivity contribution in [3.05, 3.63) is 89.8 Å². The fourth-order valence-corrected chi connectivity index (χ4v) is 4.18. The Kier molecular flexibility index (Phi) is 5.71. The minimum Gasteiger partial charge on any atom is -0.507 e. The highest BCUT2D eigenvalue weighted by atomic mass is 32.2. The second-order valence-electron chi connectivity index (χ2n) is 7.22. The Morgan fingerprint density at radius 2 is 1.61 bits per heavy atom. The first-order chi connectivity index (χ1) is 15.7. The molecule has 0 radical (unpaired) electrons. The second-order valence-corrected chi connectivity index (χ2v) is 8.78. The summed E-state index contributed by atoms with van der Waals surface area (Å²) in [5, 5.41) is 16.1. The predicted molar refractivity (Wildman–Crippen MR) is 120 cm³/mol. The minimum atomic E-state index is -3.94. The van der Waals surface area contributed by atoms with Gasteiger partial charge in [0.15, 0.2) is 0 Å². The van der Waals surface area contributed by atoms with Gasteiger partial charge in [0.1, 0.15) is 11.5 Å². The van der Waals surface area contributed by atoms with Crippen LogP contribution in [-0.4, -0.2) is 37.3 Å². The molecule has 3 N–H and O–H groups in total. The van der Waals surface area contributed by atoms with Crippen LogP contribution in [0.15, 0.2) is 83.5 Å². The highest BCUT2D eigenvalue weighted by molar-refractivity contribution is 7.89. The summed E-state index contributed by atoms with van der Waals surface area (Å²) in [5.41, 5.74) is 1.03. The Bertz CT molecular complexity index is 1350. The maximum atomic E-state index is 13.1. The SMILES string of the molecule is COc1ccc(C2/C(=C(\O)c3ccncc3)C(=O)C(=O)N2c2ccc(S(N)(=O)=O)cc2)cc1. The van der Waals surface area contributed by atoms with E-state index in [2.05, 4.69) is 4.98 Å². The third-order valence-electron chi connectivity index (χ3n) is 5.27. The topological polar surface area (TPSA) is 140 Å². The number of ketones is 1. The largest absolute Gasteiger partial charge is 0.507 e. The zero-order valence-electron chi connectivity index (χ0n) is 17.4. The smallest absolute Gasteiger partial charge is 0.300 e. The van der Waals surface area contributed by atoms with Crippen molar-refractivity contribution in [1.82, 2.24) is 4.98 Å². The number of carbonyl (C=O) groups is 2. The van der Waals surface area contributed by atoms with E-state index in [9.17, 15) is 23.1 Å². The Hall–Kier alpha value is -4.02. The molecule has 9 nitrogen and oxygen atoms in total. The molecule has 2 heterocycles. The number of aliphatic hydroxyl groups excluding tert-OH is 1. The average Bonchev–Trinajstić information content (AvgIpc) is 3.09. The van der Waals surface area contributed by atoms with Crippen molar-refractivity contribution in [3.63, 3.8) is 0 Å². The molecule has 1 saturated heterocycles.